The molecule has 0 bridgehead atoms. The van der Waals surface area contributed by atoms with Crippen LogP contribution in [0.4, 0.5) is 13.2 Å². The molecule has 0 aliphatic carbocycles. The number of amides is 1. The first-order valence-corrected chi connectivity index (χ1v) is 12.6. The molecule has 0 saturated carbocycles. The Labute approximate surface area is 191 Å². The summed E-state index contributed by atoms with van der Waals surface area (Å²) < 4.78 is 67.8. The summed E-state index contributed by atoms with van der Waals surface area (Å²) in [7, 11) is -3.82. The minimum atomic E-state index is -4.45. The number of carbonyl (C=O) groups is 2. The van der Waals surface area contributed by atoms with E-state index in [0.717, 1.165) is 18.6 Å². The Bertz CT molecular complexity index is 1020. The zero-order chi connectivity index (χ0) is 24.0. The lowest BCUT2D eigenvalue weighted by Gasteiger charge is -2.43. The molecule has 11 heteroatoms. The van der Waals surface area contributed by atoms with Crippen LogP contribution in [-0.4, -0.2) is 72.4 Å². The first kappa shape index (κ1) is 24.2. The van der Waals surface area contributed by atoms with Gasteiger partial charge in [0.25, 0.3) is 10.2 Å². The molecule has 3 aliphatic heterocycles. The van der Waals surface area contributed by atoms with E-state index in [1.165, 1.54) is 21.6 Å². The molecule has 182 valence electrons. The van der Waals surface area contributed by atoms with Crippen LogP contribution < -0.4 is 0 Å². The van der Waals surface area contributed by atoms with Gasteiger partial charge in [-0.2, -0.15) is 30.2 Å². The lowest BCUT2D eigenvalue weighted by molar-refractivity contribution is -0.141. The van der Waals surface area contributed by atoms with Crippen LogP contribution in [0.15, 0.2) is 24.3 Å². The standard InChI is InChI=1S/C22H28F3N3O4S/c1-15(29)20-8-4-10-28(20)21(30)17-6-3-9-26(12-17)33(31,32)27-13-18(14-27)16-5-2-7-19(11-16)22(23,24)25/h2,5,7,11,17-18,20H,3-4,6,8-10,12-14H2,1H3/t17-,20+/m0/s1. The SMILES string of the molecule is CC(=O)[C@H]1CCCN1C(=O)[C@H]1CCCN(S(=O)(=O)N2CC(c3cccc(C(F)(F)F)c3)C2)C1. The number of piperidine rings is 1. The van der Waals surface area contributed by atoms with E-state index in [1.54, 1.807) is 11.0 Å². The van der Waals surface area contributed by atoms with E-state index in [2.05, 4.69) is 0 Å². The fourth-order valence-corrected chi connectivity index (χ4v) is 6.80. The number of rotatable bonds is 5. The van der Waals surface area contributed by atoms with Gasteiger partial charge in [-0.25, -0.2) is 0 Å². The highest BCUT2D eigenvalue weighted by Crippen LogP contribution is 2.36. The maximum absolute atomic E-state index is 13.1. The Morgan fingerprint density at radius 3 is 2.36 bits per heavy atom. The second-order valence-electron chi connectivity index (χ2n) is 9.14. The average Bonchev–Trinajstić information content (AvgIpc) is 3.22. The van der Waals surface area contributed by atoms with E-state index in [1.807, 2.05) is 0 Å². The number of halogens is 3. The molecule has 1 amide bonds. The number of hydrogen-bond donors (Lipinski definition) is 0. The minimum absolute atomic E-state index is 0.0534. The Morgan fingerprint density at radius 1 is 1.00 bits per heavy atom. The molecule has 0 N–H and O–H groups in total. The fraction of sp³-hybridized carbons (Fsp3) is 0.636. The molecule has 0 aromatic heterocycles. The number of nitrogens with zero attached hydrogens (tertiary/aromatic N) is 3. The first-order valence-electron chi connectivity index (χ1n) is 11.2. The number of carbonyl (C=O) groups excluding carboxylic acids is 2. The first-order chi connectivity index (χ1) is 15.5. The molecule has 3 aliphatic rings. The minimum Gasteiger partial charge on any atom is -0.332 e. The van der Waals surface area contributed by atoms with Gasteiger partial charge < -0.3 is 4.90 Å². The molecular formula is C22H28F3N3O4S. The largest absolute Gasteiger partial charge is 0.416 e. The van der Waals surface area contributed by atoms with Crippen molar-refractivity contribution in [1.82, 2.24) is 13.5 Å². The van der Waals surface area contributed by atoms with Crippen molar-refractivity contribution in [2.75, 3.05) is 32.7 Å². The second kappa shape index (κ2) is 8.99. The second-order valence-corrected chi connectivity index (χ2v) is 11.1. The van der Waals surface area contributed by atoms with Gasteiger partial charge in [-0.1, -0.05) is 18.2 Å². The van der Waals surface area contributed by atoms with E-state index < -0.39 is 33.9 Å². The number of likely N-dealkylation sites (tertiary alicyclic amines) is 1. The number of alkyl halides is 3. The van der Waals surface area contributed by atoms with Crippen LogP contribution in [0, 0.1) is 5.92 Å². The van der Waals surface area contributed by atoms with Gasteiger partial charge >= 0.3 is 6.18 Å². The van der Waals surface area contributed by atoms with Crippen LogP contribution in [0.1, 0.15) is 49.7 Å². The van der Waals surface area contributed by atoms with Crippen LogP contribution in [0.25, 0.3) is 0 Å². The molecule has 3 saturated heterocycles. The summed E-state index contributed by atoms with van der Waals surface area (Å²) in [6.45, 7) is 2.56. The number of benzene rings is 1. The van der Waals surface area contributed by atoms with E-state index >= 15 is 0 Å². The lowest BCUT2D eigenvalue weighted by atomic mass is 9.92. The molecule has 1 aromatic carbocycles. The molecule has 1 aromatic rings. The molecule has 4 rings (SSSR count). The van der Waals surface area contributed by atoms with Crippen molar-refractivity contribution >= 4 is 21.9 Å². The van der Waals surface area contributed by atoms with Crippen LogP contribution in [0.5, 0.6) is 0 Å². The summed E-state index contributed by atoms with van der Waals surface area (Å²) in [6.07, 6.45) is -1.94. The predicted octanol–water partition coefficient (Wildman–Crippen LogP) is 2.64. The number of Topliss-reactive ketones (excluding diaryl/α,β-unsaturated/α-hetero) is 1. The van der Waals surface area contributed by atoms with Gasteiger partial charge in [0.1, 0.15) is 0 Å². The quantitative estimate of drug-likeness (QED) is 0.640. The highest BCUT2D eigenvalue weighted by atomic mass is 32.2. The predicted molar refractivity (Wildman–Crippen MR) is 114 cm³/mol. The van der Waals surface area contributed by atoms with Crippen molar-refractivity contribution in [2.24, 2.45) is 5.92 Å². The van der Waals surface area contributed by atoms with Gasteiger partial charge in [0.2, 0.25) is 5.91 Å². The third-order valence-corrected chi connectivity index (χ3v) is 8.86. The summed E-state index contributed by atoms with van der Waals surface area (Å²) in [4.78, 5) is 26.5. The zero-order valence-electron chi connectivity index (χ0n) is 18.4. The van der Waals surface area contributed by atoms with E-state index in [4.69, 9.17) is 0 Å². The molecule has 2 atom stereocenters. The molecule has 3 fully saturated rings. The van der Waals surface area contributed by atoms with Crippen molar-refractivity contribution in [3.8, 4) is 0 Å². The van der Waals surface area contributed by atoms with Crippen LogP contribution in [0.3, 0.4) is 0 Å². The van der Waals surface area contributed by atoms with E-state index in [9.17, 15) is 31.2 Å². The van der Waals surface area contributed by atoms with E-state index in [0.29, 0.717) is 37.9 Å². The fourth-order valence-electron chi connectivity index (χ4n) is 5.01. The summed E-state index contributed by atoms with van der Waals surface area (Å²) in [5.74, 6) is -1.01. The molecular weight excluding hydrogens is 459 g/mol. The Hall–Kier alpha value is -1.98. The van der Waals surface area contributed by atoms with Crippen molar-refractivity contribution in [3.63, 3.8) is 0 Å². The monoisotopic (exact) mass is 487 g/mol. The molecule has 33 heavy (non-hydrogen) atoms. The van der Waals surface area contributed by atoms with Crippen LogP contribution >= 0.6 is 0 Å². The average molecular weight is 488 g/mol. The summed E-state index contributed by atoms with van der Waals surface area (Å²) in [5.41, 5.74) is -0.281. The summed E-state index contributed by atoms with van der Waals surface area (Å²) in [5, 5.41) is 0. The van der Waals surface area contributed by atoms with Gasteiger partial charge in [-0.15, -0.1) is 0 Å². The maximum atomic E-state index is 13.1. The normalized spacial score (nSPS) is 25.8. The smallest absolute Gasteiger partial charge is 0.332 e. The Kier molecular flexibility index (Phi) is 6.58. The van der Waals surface area contributed by atoms with Gasteiger partial charge in [-0.05, 0) is 44.2 Å². The van der Waals surface area contributed by atoms with Gasteiger partial charge in [0, 0.05) is 38.6 Å². The van der Waals surface area contributed by atoms with Crippen molar-refractivity contribution < 1.29 is 31.2 Å². The third kappa shape index (κ3) is 4.81. The number of ketones is 1. The molecule has 0 spiro atoms. The topological polar surface area (TPSA) is 78.0 Å². The third-order valence-electron chi connectivity index (χ3n) is 6.92. The van der Waals surface area contributed by atoms with Crippen molar-refractivity contribution in [1.29, 1.82) is 0 Å². The lowest BCUT2D eigenvalue weighted by Crippen LogP contribution is -2.57. The molecule has 0 unspecified atom stereocenters. The van der Waals surface area contributed by atoms with Gasteiger partial charge in [0.05, 0.1) is 17.5 Å². The summed E-state index contributed by atoms with van der Waals surface area (Å²) >= 11 is 0. The highest BCUT2D eigenvalue weighted by molar-refractivity contribution is 7.86. The van der Waals surface area contributed by atoms with Crippen molar-refractivity contribution in [2.45, 2.75) is 50.7 Å². The molecule has 3 heterocycles. The Balaban J connectivity index is 1.39. The van der Waals surface area contributed by atoms with Crippen molar-refractivity contribution in [3.05, 3.63) is 35.4 Å². The molecule has 0 radical (unpaired) electrons. The maximum Gasteiger partial charge on any atom is 0.416 e. The van der Waals surface area contributed by atoms with Crippen LogP contribution in [-0.2, 0) is 26.0 Å². The van der Waals surface area contributed by atoms with E-state index in [-0.39, 0.29) is 37.2 Å². The number of hydrogen-bond acceptors (Lipinski definition) is 4. The highest BCUT2D eigenvalue weighted by Gasteiger charge is 2.44. The summed E-state index contributed by atoms with van der Waals surface area (Å²) in [6, 6.07) is 4.57. The Morgan fingerprint density at radius 2 is 1.70 bits per heavy atom. The molecule has 7 nitrogen and oxygen atoms in total. The zero-order valence-corrected chi connectivity index (χ0v) is 19.2. The van der Waals surface area contributed by atoms with Gasteiger partial charge in [0.15, 0.2) is 5.78 Å². The van der Waals surface area contributed by atoms with Gasteiger partial charge in [-0.3, -0.25) is 9.59 Å². The van der Waals surface area contributed by atoms with Crippen LogP contribution in [0.2, 0.25) is 0 Å².